The lowest BCUT2D eigenvalue weighted by molar-refractivity contribution is -0.137. The highest BCUT2D eigenvalue weighted by molar-refractivity contribution is 8.00. The van der Waals surface area contributed by atoms with Gasteiger partial charge in [0.15, 0.2) is 0 Å². The second-order valence-corrected chi connectivity index (χ2v) is 7.20. The molecular weight excluding hydrogens is 264 g/mol. The maximum Gasteiger partial charge on any atom is 0.318 e. The van der Waals surface area contributed by atoms with E-state index in [0.717, 1.165) is 12.3 Å². The number of hydrogen-bond donors (Lipinski definition) is 2. The molecule has 1 aliphatic heterocycles. The van der Waals surface area contributed by atoms with Crippen LogP contribution in [-0.2, 0) is 4.79 Å². The van der Waals surface area contributed by atoms with E-state index in [0.29, 0.717) is 11.7 Å². The Labute approximate surface area is 119 Å². The topological polar surface area (TPSA) is 69.6 Å². The van der Waals surface area contributed by atoms with E-state index in [1.54, 1.807) is 0 Å². The first-order valence-corrected chi connectivity index (χ1v) is 7.70. The first-order chi connectivity index (χ1) is 8.73. The third-order valence-electron chi connectivity index (χ3n) is 3.55. The number of amides is 2. The molecule has 1 heterocycles. The fourth-order valence-corrected chi connectivity index (χ4v) is 3.16. The number of rotatable bonds is 4. The molecule has 1 aliphatic rings. The van der Waals surface area contributed by atoms with E-state index in [2.05, 4.69) is 19.2 Å². The second-order valence-electron chi connectivity index (χ2n) is 5.72. The second kappa shape index (κ2) is 6.50. The molecule has 0 aliphatic carbocycles. The van der Waals surface area contributed by atoms with Gasteiger partial charge in [0.05, 0.1) is 0 Å². The van der Waals surface area contributed by atoms with Crippen LogP contribution in [-0.4, -0.2) is 51.1 Å². The highest BCUT2D eigenvalue weighted by Gasteiger charge is 2.31. The Morgan fingerprint density at radius 2 is 2.05 bits per heavy atom. The summed E-state index contributed by atoms with van der Waals surface area (Å²) in [5.41, 5.74) is -0.497. The van der Waals surface area contributed by atoms with Crippen molar-refractivity contribution in [2.45, 2.75) is 57.4 Å². The molecule has 0 spiro atoms. The lowest BCUT2D eigenvalue weighted by Gasteiger charge is -2.39. The summed E-state index contributed by atoms with van der Waals surface area (Å²) in [6.07, 6.45) is 0.496. The van der Waals surface area contributed by atoms with Crippen molar-refractivity contribution >= 4 is 23.8 Å². The zero-order valence-corrected chi connectivity index (χ0v) is 12.9. The zero-order chi connectivity index (χ0) is 14.6. The molecule has 6 heteroatoms. The summed E-state index contributed by atoms with van der Waals surface area (Å²) in [6, 6.07) is 0.115. The maximum absolute atomic E-state index is 12.3. The summed E-state index contributed by atoms with van der Waals surface area (Å²) in [7, 11) is 0. The Balaban J connectivity index is 2.55. The van der Waals surface area contributed by atoms with Crippen LogP contribution < -0.4 is 5.32 Å². The van der Waals surface area contributed by atoms with Gasteiger partial charge in [-0.25, -0.2) is 4.79 Å². The van der Waals surface area contributed by atoms with Crippen molar-refractivity contribution in [3.63, 3.8) is 0 Å². The average molecular weight is 288 g/mol. The molecule has 0 saturated carbocycles. The third kappa shape index (κ3) is 4.93. The Morgan fingerprint density at radius 1 is 1.42 bits per heavy atom. The number of hydrogen-bond acceptors (Lipinski definition) is 3. The summed E-state index contributed by atoms with van der Waals surface area (Å²) in [4.78, 5) is 24.7. The number of nitrogens with zero attached hydrogens (tertiary/aromatic N) is 1. The van der Waals surface area contributed by atoms with Crippen LogP contribution in [0.1, 0.15) is 40.5 Å². The van der Waals surface area contributed by atoms with Gasteiger partial charge in [0.1, 0.15) is 0 Å². The van der Waals surface area contributed by atoms with Crippen LogP contribution >= 0.6 is 11.8 Å². The first-order valence-electron chi connectivity index (χ1n) is 6.65. The van der Waals surface area contributed by atoms with Crippen molar-refractivity contribution in [2.75, 3.05) is 12.3 Å². The molecule has 0 radical (unpaired) electrons. The Kier molecular flexibility index (Phi) is 5.52. The van der Waals surface area contributed by atoms with Crippen LogP contribution in [0.5, 0.6) is 0 Å². The van der Waals surface area contributed by atoms with E-state index in [1.807, 2.05) is 30.5 Å². The van der Waals surface area contributed by atoms with E-state index in [1.165, 1.54) is 0 Å². The molecule has 19 heavy (non-hydrogen) atoms. The van der Waals surface area contributed by atoms with Crippen molar-refractivity contribution in [3.05, 3.63) is 0 Å². The van der Waals surface area contributed by atoms with Gasteiger partial charge in [-0.15, -0.1) is 0 Å². The van der Waals surface area contributed by atoms with Gasteiger partial charge in [-0.2, -0.15) is 11.8 Å². The van der Waals surface area contributed by atoms with E-state index in [4.69, 9.17) is 5.11 Å². The van der Waals surface area contributed by atoms with Crippen LogP contribution in [0.4, 0.5) is 4.79 Å². The predicted molar refractivity (Wildman–Crippen MR) is 77.6 cm³/mol. The Hall–Kier alpha value is -0.910. The standard InChI is InChI=1S/C13H24N2O3S/c1-9-10(2)19-8-7-15(9)12(18)14-13(3,4)6-5-11(16)17/h9-10H,5-8H2,1-4H3,(H,14,18)(H,16,17). The van der Waals surface area contributed by atoms with Crippen LogP contribution in [0, 0.1) is 0 Å². The first kappa shape index (κ1) is 16.1. The summed E-state index contributed by atoms with van der Waals surface area (Å²) in [6.45, 7) is 8.66. The minimum Gasteiger partial charge on any atom is -0.481 e. The predicted octanol–water partition coefficient (Wildman–Crippen LogP) is 2.17. The summed E-state index contributed by atoms with van der Waals surface area (Å²) in [5.74, 6) is 0.118. The Morgan fingerprint density at radius 3 is 2.63 bits per heavy atom. The number of nitrogens with one attached hydrogen (secondary N) is 1. The average Bonchev–Trinajstić information content (AvgIpc) is 2.29. The van der Waals surface area contributed by atoms with E-state index in [9.17, 15) is 9.59 Å². The van der Waals surface area contributed by atoms with E-state index >= 15 is 0 Å². The number of carbonyl (C=O) groups is 2. The molecule has 2 unspecified atom stereocenters. The van der Waals surface area contributed by atoms with Gasteiger partial charge in [0, 0.05) is 35.5 Å². The van der Waals surface area contributed by atoms with E-state index in [-0.39, 0.29) is 18.5 Å². The number of carbonyl (C=O) groups excluding carboxylic acids is 1. The minimum absolute atomic E-state index is 0.0646. The number of urea groups is 1. The normalized spacial score (nSPS) is 24.1. The summed E-state index contributed by atoms with van der Waals surface area (Å²) < 4.78 is 0. The van der Waals surface area contributed by atoms with Gasteiger partial charge in [-0.05, 0) is 27.2 Å². The van der Waals surface area contributed by atoms with Crippen LogP contribution in [0.25, 0.3) is 0 Å². The van der Waals surface area contributed by atoms with Gasteiger partial charge in [0.25, 0.3) is 0 Å². The lowest BCUT2D eigenvalue weighted by Crippen LogP contribution is -2.56. The number of thioether (sulfide) groups is 1. The fraction of sp³-hybridized carbons (Fsp3) is 0.846. The lowest BCUT2D eigenvalue weighted by atomic mass is 9.98. The highest BCUT2D eigenvalue weighted by atomic mass is 32.2. The molecule has 2 amide bonds. The monoisotopic (exact) mass is 288 g/mol. The van der Waals surface area contributed by atoms with Crippen molar-refractivity contribution in [1.82, 2.24) is 10.2 Å². The molecule has 1 saturated heterocycles. The minimum atomic E-state index is -0.835. The molecule has 110 valence electrons. The molecular formula is C13H24N2O3S. The molecule has 0 aromatic heterocycles. The summed E-state index contributed by atoms with van der Waals surface area (Å²) >= 11 is 1.88. The molecule has 0 bridgehead atoms. The number of carboxylic acid groups (broad SMARTS) is 1. The molecule has 2 N–H and O–H groups in total. The largest absolute Gasteiger partial charge is 0.481 e. The molecule has 2 atom stereocenters. The zero-order valence-electron chi connectivity index (χ0n) is 12.1. The number of aliphatic carboxylic acids is 1. The van der Waals surface area contributed by atoms with Crippen molar-refractivity contribution in [2.24, 2.45) is 0 Å². The summed E-state index contributed by atoms with van der Waals surface area (Å²) in [5, 5.41) is 12.1. The van der Waals surface area contributed by atoms with Gasteiger partial charge in [-0.3, -0.25) is 4.79 Å². The van der Waals surface area contributed by atoms with Crippen molar-refractivity contribution in [1.29, 1.82) is 0 Å². The molecule has 1 rings (SSSR count). The fourth-order valence-electron chi connectivity index (χ4n) is 2.06. The maximum atomic E-state index is 12.3. The highest BCUT2D eigenvalue weighted by Crippen LogP contribution is 2.24. The van der Waals surface area contributed by atoms with Gasteiger partial charge >= 0.3 is 12.0 Å². The van der Waals surface area contributed by atoms with Crippen LogP contribution in [0.15, 0.2) is 0 Å². The van der Waals surface area contributed by atoms with Crippen molar-refractivity contribution in [3.8, 4) is 0 Å². The third-order valence-corrected chi connectivity index (χ3v) is 4.89. The van der Waals surface area contributed by atoms with Gasteiger partial charge in [-0.1, -0.05) is 6.92 Å². The SMILES string of the molecule is CC1SCCN(C(=O)NC(C)(C)CCC(=O)O)C1C. The van der Waals surface area contributed by atoms with E-state index < -0.39 is 11.5 Å². The molecule has 0 aromatic carbocycles. The van der Waals surface area contributed by atoms with Crippen LogP contribution in [0.3, 0.4) is 0 Å². The van der Waals surface area contributed by atoms with Crippen molar-refractivity contribution < 1.29 is 14.7 Å². The van der Waals surface area contributed by atoms with Gasteiger partial charge in [0.2, 0.25) is 0 Å². The quantitative estimate of drug-likeness (QED) is 0.832. The molecule has 5 nitrogen and oxygen atoms in total. The number of carboxylic acids is 1. The Bertz CT molecular complexity index is 347. The van der Waals surface area contributed by atoms with Crippen LogP contribution in [0.2, 0.25) is 0 Å². The molecule has 0 aromatic rings. The smallest absolute Gasteiger partial charge is 0.318 e. The van der Waals surface area contributed by atoms with Gasteiger partial charge < -0.3 is 15.3 Å². The molecule has 1 fully saturated rings.